The van der Waals surface area contributed by atoms with Crippen molar-refractivity contribution in [1.82, 2.24) is 14.8 Å². The van der Waals surface area contributed by atoms with E-state index in [0.29, 0.717) is 19.7 Å². The van der Waals surface area contributed by atoms with Crippen LogP contribution >= 0.6 is 0 Å². The highest BCUT2D eigenvalue weighted by Crippen LogP contribution is 2.36. The summed E-state index contributed by atoms with van der Waals surface area (Å²) in [6.45, 7) is 3.93. The van der Waals surface area contributed by atoms with Gasteiger partial charge in [0.1, 0.15) is 0 Å². The van der Waals surface area contributed by atoms with Crippen LogP contribution in [0.1, 0.15) is 41.8 Å². The lowest BCUT2D eigenvalue weighted by atomic mass is 10.00. The van der Waals surface area contributed by atoms with Crippen molar-refractivity contribution >= 4 is 6.03 Å². The predicted octanol–water partition coefficient (Wildman–Crippen LogP) is 4.69. The normalized spacial score (nSPS) is 15.3. The summed E-state index contributed by atoms with van der Waals surface area (Å²) in [5.41, 5.74) is 5.77. The van der Waals surface area contributed by atoms with Crippen LogP contribution in [0.2, 0.25) is 0 Å². The van der Waals surface area contributed by atoms with Crippen molar-refractivity contribution in [3.8, 4) is 5.69 Å². The molecule has 0 saturated carbocycles. The van der Waals surface area contributed by atoms with Crippen LogP contribution in [-0.4, -0.2) is 35.8 Å². The Morgan fingerprint density at radius 1 is 1.10 bits per heavy atom. The summed E-state index contributed by atoms with van der Waals surface area (Å²) >= 11 is 0. The molecule has 1 unspecified atom stereocenters. The van der Waals surface area contributed by atoms with E-state index in [1.807, 2.05) is 17.0 Å². The number of carbonyl (C=O) groups is 1. The maximum absolute atomic E-state index is 13.3. The number of para-hydroxylation sites is 1. The summed E-state index contributed by atoms with van der Waals surface area (Å²) in [4.78, 5) is 15.3. The van der Waals surface area contributed by atoms with E-state index in [2.05, 4.69) is 71.5 Å². The lowest BCUT2D eigenvalue weighted by molar-refractivity contribution is 0.174. The average molecular weight is 404 g/mol. The number of benzene rings is 2. The van der Waals surface area contributed by atoms with Crippen LogP contribution in [0, 0.1) is 0 Å². The Bertz CT molecular complexity index is 994. The monoisotopic (exact) mass is 403 g/mol. The number of aromatic nitrogens is 1. The summed E-state index contributed by atoms with van der Waals surface area (Å²) in [5.74, 6) is 0. The number of hydrogen-bond acceptors (Lipinski definition) is 2. The molecule has 3 aromatic rings. The first-order chi connectivity index (χ1) is 14.7. The summed E-state index contributed by atoms with van der Waals surface area (Å²) in [7, 11) is 1.68. The smallest absolute Gasteiger partial charge is 0.318 e. The Labute approximate surface area is 178 Å². The topological polar surface area (TPSA) is 46.5 Å². The van der Waals surface area contributed by atoms with Gasteiger partial charge in [-0.2, -0.15) is 0 Å². The number of carbonyl (C=O) groups excluding carboxylic acids is 1. The first-order valence-electron chi connectivity index (χ1n) is 10.6. The number of nitrogens with zero attached hydrogens (tertiary/aromatic N) is 2. The van der Waals surface area contributed by atoms with Gasteiger partial charge in [0, 0.05) is 32.2 Å². The molecule has 30 heavy (non-hydrogen) atoms. The van der Waals surface area contributed by atoms with Crippen LogP contribution in [0.4, 0.5) is 4.79 Å². The van der Waals surface area contributed by atoms with Crippen LogP contribution in [0.15, 0.2) is 66.9 Å². The first-order valence-corrected chi connectivity index (χ1v) is 10.6. The number of hydrogen-bond donors (Lipinski definition) is 1. The number of rotatable bonds is 6. The fourth-order valence-corrected chi connectivity index (χ4v) is 4.14. The average Bonchev–Trinajstić information content (AvgIpc) is 3.21. The van der Waals surface area contributed by atoms with Crippen LogP contribution in [0.25, 0.3) is 5.69 Å². The van der Waals surface area contributed by atoms with Gasteiger partial charge in [-0.1, -0.05) is 49.4 Å². The van der Waals surface area contributed by atoms with Crippen LogP contribution in [0.3, 0.4) is 0 Å². The Kier molecular flexibility index (Phi) is 6.19. The number of aryl methyl sites for hydroxylation is 1. The van der Waals surface area contributed by atoms with E-state index in [-0.39, 0.29) is 12.1 Å². The van der Waals surface area contributed by atoms with Gasteiger partial charge in [0.05, 0.1) is 18.3 Å². The fraction of sp³-hybridized carbons (Fsp3) is 0.320. The number of nitrogens with one attached hydrogen (secondary N) is 1. The highest BCUT2D eigenvalue weighted by molar-refractivity contribution is 5.76. The number of amides is 2. The Morgan fingerprint density at radius 2 is 1.90 bits per heavy atom. The Hall–Kier alpha value is -3.05. The van der Waals surface area contributed by atoms with E-state index < -0.39 is 0 Å². The van der Waals surface area contributed by atoms with Crippen molar-refractivity contribution in [3.05, 3.63) is 89.2 Å². The van der Waals surface area contributed by atoms with E-state index in [0.717, 1.165) is 35.3 Å². The summed E-state index contributed by atoms with van der Waals surface area (Å²) in [5, 5.41) is 3.09. The molecule has 0 radical (unpaired) electrons. The van der Waals surface area contributed by atoms with E-state index in [4.69, 9.17) is 4.74 Å². The molecule has 2 aromatic carbocycles. The quantitative estimate of drug-likeness (QED) is 0.607. The minimum atomic E-state index is -0.166. The number of ether oxygens (including phenoxy) is 1. The van der Waals surface area contributed by atoms with Crippen molar-refractivity contribution in [1.29, 1.82) is 0 Å². The molecule has 2 amide bonds. The summed E-state index contributed by atoms with van der Waals surface area (Å²) in [6, 6.07) is 20.9. The second-order valence-electron chi connectivity index (χ2n) is 7.64. The third kappa shape index (κ3) is 3.98. The fourth-order valence-electron chi connectivity index (χ4n) is 4.14. The number of fused-ring (bicyclic) bond motifs is 3. The molecular formula is C25H29N3O2. The van der Waals surface area contributed by atoms with Gasteiger partial charge in [-0.3, -0.25) is 0 Å². The van der Waals surface area contributed by atoms with Crippen LogP contribution in [-0.2, 0) is 17.7 Å². The molecule has 0 saturated heterocycles. The SMILES string of the molecule is CCc1ccc(C2c3cccn3-c3ccccc3CN2C(=O)NCCCOC)cc1. The molecule has 0 aliphatic carbocycles. The van der Waals surface area contributed by atoms with E-state index in [1.54, 1.807) is 7.11 Å². The molecule has 1 aliphatic heterocycles. The molecule has 0 fully saturated rings. The molecule has 1 N–H and O–H groups in total. The van der Waals surface area contributed by atoms with E-state index in [1.165, 1.54) is 5.56 Å². The molecule has 1 atom stereocenters. The van der Waals surface area contributed by atoms with Gasteiger partial charge in [-0.05, 0) is 47.7 Å². The van der Waals surface area contributed by atoms with Crippen LogP contribution in [0.5, 0.6) is 0 Å². The highest BCUT2D eigenvalue weighted by Gasteiger charge is 2.32. The molecule has 0 spiro atoms. The molecule has 5 heteroatoms. The van der Waals surface area contributed by atoms with Crippen molar-refractivity contribution in [2.24, 2.45) is 0 Å². The third-order valence-corrected chi connectivity index (χ3v) is 5.73. The first kappa shape index (κ1) is 20.2. The molecule has 156 valence electrons. The minimum absolute atomic E-state index is 0.0554. The second kappa shape index (κ2) is 9.18. The zero-order valence-electron chi connectivity index (χ0n) is 17.7. The predicted molar refractivity (Wildman–Crippen MR) is 119 cm³/mol. The summed E-state index contributed by atoms with van der Waals surface area (Å²) in [6.07, 6.45) is 3.87. The molecule has 0 bridgehead atoms. The minimum Gasteiger partial charge on any atom is -0.385 e. The molecule has 4 rings (SSSR count). The van der Waals surface area contributed by atoms with Gasteiger partial charge in [-0.15, -0.1) is 0 Å². The maximum atomic E-state index is 13.3. The zero-order valence-corrected chi connectivity index (χ0v) is 17.7. The van der Waals surface area contributed by atoms with Gasteiger partial charge < -0.3 is 19.5 Å². The second-order valence-corrected chi connectivity index (χ2v) is 7.64. The van der Waals surface area contributed by atoms with Crippen molar-refractivity contribution in [2.45, 2.75) is 32.4 Å². The molecule has 5 nitrogen and oxygen atoms in total. The molecule has 2 heterocycles. The molecule has 1 aliphatic rings. The Morgan fingerprint density at radius 3 is 2.67 bits per heavy atom. The molecular weight excluding hydrogens is 374 g/mol. The third-order valence-electron chi connectivity index (χ3n) is 5.73. The van der Waals surface area contributed by atoms with Crippen molar-refractivity contribution in [3.63, 3.8) is 0 Å². The van der Waals surface area contributed by atoms with Gasteiger partial charge in [0.25, 0.3) is 0 Å². The zero-order chi connectivity index (χ0) is 20.9. The molecule has 1 aromatic heterocycles. The number of urea groups is 1. The number of methoxy groups -OCH3 is 1. The van der Waals surface area contributed by atoms with E-state index in [9.17, 15) is 4.79 Å². The lowest BCUT2D eigenvalue weighted by Gasteiger charge is -2.31. The maximum Gasteiger partial charge on any atom is 0.318 e. The Balaban J connectivity index is 1.75. The van der Waals surface area contributed by atoms with Crippen molar-refractivity contribution < 1.29 is 9.53 Å². The van der Waals surface area contributed by atoms with Crippen LogP contribution < -0.4 is 5.32 Å². The van der Waals surface area contributed by atoms with Gasteiger partial charge in [-0.25, -0.2) is 4.79 Å². The largest absolute Gasteiger partial charge is 0.385 e. The standard InChI is InChI=1S/C25H29N3O2/c1-3-19-11-13-20(14-12-19)24-23-10-6-16-27(23)22-9-5-4-8-21(22)18-28(24)25(29)26-15-7-17-30-2/h4-6,8-14,16,24H,3,7,15,17-18H2,1-2H3,(H,26,29). The van der Waals surface area contributed by atoms with Crippen molar-refractivity contribution in [2.75, 3.05) is 20.3 Å². The van der Waals surface area contributed by atoms with Gasteiger partial charge in [0.2, 0.25) is 0 Å². The summed E-state index contributed by atoms with van der Waals surface area (Å²) < 4.78 is 7.33. The van der Waals surface area contributed by atoms with Gasteiger partial charge >= 0.3 is 6.03 Å². The highest BCUT2D eigenvalue weighted by atomic mass is 16.5. The lowest BCUT2D eigenvalue weighted by Crippen LogP contribution is -2.42. The van der Waals surface area contributed by atoms with Gasteiger partial charge in [0.15, 0.2) is 0 Å². The van der Waals surface area contributed by atoms with E-state index >= 15 is 0 Å².